The molecule has 1 aliphatic rings. The lowest BCUT2D eigenvalue weighted by Crippen LogP contribution is -2.11. The molecule has 0 aromatic carbocycles. The van der Waals surface area contributed by atoms with Crippen LogP contribution in [0.1, 0.15) is 25.7 Å². The molecule has 1 fully saturated rings. The van der Waals surface area contributed by atoms with Crippen LogP contribution in [0.3, 0.4) is 0 Å². The van der Waals surface area contributed by atoms with Crippen LogP contribution in [-0.2, 0) is 14.3 Å². The Morgan fingerprint density at radius 3 is 1.85 bits per heavy atom. The van der Waals surface area contributed by atoms with Crippen molar-refractivity contribution in [3.05, 3.63) is 0 Å². The number of cyclic esters (lactones) is 2. The summed E-state index contributed by atoms with van der Waals surface area (Å²) in [5.74, 6) is 1.15. The minimum atomic E-state index is -0.377. The third kappa shape index (κ3) is 5.21. The van der Waals surface area contributed by atoms with Crippen LogP contribution in [0.5, 0.6) is 0 Å². The summed E-state index contributed by atoms with van der Waals surface area (Å²) in [5.41, 5.74) is 0. The van der Waals surface area contributed by atoms with E-state index in [1.165, 1.54) is 0 Å². The van der Waals surface area contributed by atoms with Crippen molar-refractivity contribution in [3.8, 4) is 0 Å². The molecular formula is C8H12O3S2. The number of hydrogen-bond donors (Lipinski definition) is 0. The van der Waals surface area contributed by atoms with Crippen molar-refractivity contribution in [2.24, 2.45) is 0 Å². The lowest BCUT2D eigenvalue weighted by Gasteiger charge is -1.99. The predicted octanol–water partition coefficient (Wildman–Crippen LogP) is 2.01. The van der Waals surface area contributed by atoms with Crippen molar-refractivity contribution in [2.75, 3.05) is 11.5 Å². The maximum absolute atomic E-state index is 11.0. The van der Waals surface area contributed by atoms with Crippen LogP contribution in [-0.4, -0.2) is 23.4 Å². The maximum Gasteiger partial charge on any atom is 0.313 e. The molecule has 0 saturated carbocycles. The van der Waals surface area contributed by atoms with E-state index in [4.69, 9.17) is 0 Å². The average molecular weight is 220 g/mol. The largest absolute Gasteiger partial charge is 0.393 e. The summed E-state index contributed by atoms with van der Waals surface area (Å²) in [6.07, 6.45) is 2.31. The second-order valence-electron chi connectivity index (χ2n) is 2.70. The van der Waals surface area contributed by atoms with Gasteiger partial charge in [0.1, 0.15) is 0 Å². The van der Waals surface area contributed by atoms with Crippen LogP contribution in [0.25, 0.3) is 0 Å². The molecule has 0 bridgehead atoms. The monoisotopic (exact) mass is 220 g/mol. The fourth-order valence-electron chi connectivity index (χ4n) is 0.898. The summed E-state index contributed by atoms with van der Waals surface area (Å²) in [4.78, 5) is 21.9. The minimum absolute atomic E-state index is 0.360. The van der Waals surface area contributed by atoms with Gasteiger partial charge in [-0.3, -0.25) is 9.59 Å². The first-order valence-electron chi connectivity index (χ1n) is 4.27. The maximum atomic E-state index is 11.0. The number of ether oxygens (including phenoxy) is 1. The van der Waals surface area contributed by atoms with Gasteiger partial charge in [-0.15, -0.1) is 0 Å². The molecule has 3 nitrogen and oxygen atoms in total. The Morgan fingerprint density at radius 2 is 1.38 bits per heavy atom. The molecule has 1 aliphatic heterocycles. The van der Waals surface area contributed by atoms with Crippen molar-refractivity contribution < 1.29 is 14.3 Å². The number of carbonyl (C=O) groups excluding carboxylic acids is 2. The second kappa shape index (κ2) is 6.32. The smallest absolute Gasteiger partial charge is 0.313 e. The number of carbonyl (C=O) groups is 2. The zero-order valence-electron chi connectivity index (χ0n) is 7.28. The van der Waals surface area contributed by atoms with Crippen molar-refractivity contribution >= 4 is 33.5 Å². The Morgan fingerprint density at radius 1 is 0.923 bits per heavy atom. The standard InChI is InChI=1S/C8H12O3S2/c9-7-3-1-5-12-13-6-2-4-8(10)11-7/h1-6H2. The van der Waals surface area contributed by atoms with Crippen LogP contribution >= 0.6 is 21.6 Å². The molecule has 0 radical (unpaired) electrons. The van der Waals surface area contributed by atoms with E-state index >= 15 is 0 Å². The second-order valence-corrected chi connectivity index (χ2v) is 5.40. The Labute approximate surface area is 85.4 Å². The first kappa shape index (κ1) is 10.9. The van der Waals surface area contributed by atoms with Gasteiger partial charge >= 0.3 is 11.9 Å². The van der Waals surface area contributed by atoms with Crippen molar-refractivity contribution in [2.45, 2.75) is 25.7 Å². The van der Waals surface area contributed by atoms with E-state index in [2.05, 4.69) is 4.74 Å². The molecule has 13 heavy (non-hydrogen) atoms. The van der Waals surface area contributed by atoms with Gasteiger partial charge in [-0.05, 0) is 12.8 Å². The summed E-state index contributed by atoms with van der Waals surface area (Å²) < 4.78 is 4.59. The molecule has 1 rings (SSSR count). The van der Waals surface area contributed by atoms with Gasteiger partial charge in [0, 0.05) is 24.3 Å². The van der Waals surface area contributed by atoms with Gasteiger partial charge in [-0.25, -0.2) is 0 Å². The van der Waals surface area contributed by atoms with Gasteiger partial charge in [0.25, 0.3) is 0 Å². The highest BCUT2D eigenvalue weighted by molar-refractivity contribution is 8.76. The summed E-state index contributed by atoms with van der Waals surface area (Å²) in [7, 11) is 3.52. The van der Waals surface area contributed by atoms with Crippen molar-refractivity contribution in [1.29, 1.82) is 0 Å². The SMILES string of the molecule is O=C1CCCSSCCCC(=O)O1. The minimum Gasteiger partial charge on any atom is -0.393 e. The molecule has 0 aromatic rings. The van der Waals surface area contributed by atoms with Crippen molar-refractivity contribution in [3.63, 3.8) is 0 Å². The molecule has 0 N–H and O–H groups in total. The Bertz CT molecular complexity index is 174. The van der Waals surface area contributed by atoms with Crippen LogP contribution in [0.4, 0.5) is 0 Å². The quantitative estimate of drug-likeness (QED) is 0.355. The Balaban J connectivity index is 2.34. The highest BCUT2D eigenvalue weighted by Gasteiger charge is 2.11. The molecule has 0 unspecified atom stereocenters. The predicted molar refractivity (Wildman–Crippen MR) is 54.5 cm³/mol. The number of esters is 2. The summed E-state index contributed by atoms with van der Waals surface area (Å²) in [6.45, 7) is 0. The molecule has 0 atom stereocenters. The topological polar surface area (TPSA) is 43.4 Å². The zero-order valence-corrected chi connectivity index (χ0v) is 8.92. The summed E-state index contributed by atoms with van der Waals surface area (Å²) in [6, 6.07) is 0. The Hall–Kier alpha value is -0.160. The molecule has 1 heterocycles. The van der Waals surface area contributed by atoms with Crippen molar-refractivity contribution in [1.82, 2.24) is 0 Å². The fourth-order valence-corrected chi connectivity index (χ4v) is 3.07. The van der Waals surface area contributed by atoms with Crippen LogP contribution in [0.15, 0.2) is 0 Å². The zero-order chi connectivity index (χ0) is 9.52. The normalized spacial score (nSPS) is 21.8. The van der Waals surface area contributed by atoms with E-state index in [0.717, 1.165) is 24.3 Å². The number of hydrogen-bond acceptors (Lipinski definition) is 5. The number of rotatable bonds is 0. The first-order chi connectivity index (χ1) is 6.29. The average Bonchev–Trinajstić information content (AvgIpc) is 2.11. The van der Waals surface area contributed by atoms with E-state index in [1.807, 2.05) is 0 Å². The molecular weight excluding hydrogens is 208 g/mol. The fraction of sp³-hybridized carbons (Fsp3) is 0.750. The van der Waals surface area contributed by atoms with Gasteiger partial charge in [0.05, 0.1) is 0 Å². The Kier molecular flexibility index (Phi) is 5.31. The molecule has 1 saturated heterocycles. The third-order valence-electron chi connectivity index (χ3n) is 1.53. The van der Waals surface area contributed by atoms with Gasteiger partial charge < -0.3 is 4.74 Å². The van der Waals surface area contributed by atoms with E-state index < -0.39 is 0 Å². The summed E-state index contributed by atoms with van der Waals surface area (Å²) in [5, 5.41) is 0. The highest BCUT2D eigenvalue weighted by atomic mass is 33.1. The van der Waals surface area contributed by atoms with E-state index in [0.29, 0.717) is 12.8 Å². The van der Waals surface area contributed by atoms with Gasteiger partial charge in [-0.1, -0.05) is 21.6 Å². The van der Waals surface area contributed by atoms with E-state index in [-0.39, 0.29) is 11.9 Å². The molecule has 0 aliphatic carbocycles. The molecule has 0 aromatic heterocycles. The highest BCUT2D eigenvalue weighted by Crippen LogP contribution is 2.24. The summed E-state index contributed by atoms with van der Waals surface area (Å²) >= 11 is 0. The van der Waals surface area contributed by atoms with E-state index in [1.54, 1.807) is 21.6 Å². The molecule has 0 amide bonds. The molecule has 0 spiro atoms. The molecule has 74 valence electrons. The van der Waals surface area contributed by atoms with Crippen LogP contribution in [0, 0.1) is 0 Å². The van der Waals surface area contributed by atoms with E-state index in [9.17, 15) is 9.59 Å². The van der Waals surface area contributed by atoms with Gasteiger partial charge in [0.15, 0.2) is 0 Å². The third-order valence-corrected chi connectivity index (χ3v) is 4.11. The first-order valence-corrected chi connectivity index (χ1v) is 6.76. The lowest BCUT2D eigenvalue weighted by atomic mass is 10.3. The molecule has 5 heteroatoms. The van der Waals surface area contributed by atoms with Gasteiger partial charge in [-0.2, -0.15) is 0 Å². The van der Waals surface area contributed by atoms with Gasteiger partial charge in [0.2, 0.25) is 0 Å². The van der Waals surface area contributed by atoms with Crippen LogP contribution < -0.4 is 0 Å². The lowest BCUT2D eigenvalue weighted by molar-refractivity contribution is -0.159. The van der Waals surface area contributed by atoms with Crippen LogP contribution in [0.2, 0.25) is 0 Å².